The van der Waals surface area contributed by atoms with Gasteiger partial charge in [0, 0.05) is 19.3 Å². The summed E-state index contributed by atoms with van der Waals surface area (Å²) in [6.07, 6.45) is 1.82. The van der Waals surface area contributed by atoms with Crippen LogP contribution in [0.5, 0.6) is 5.75 Å². The van der Waals surface area contributed by atoms with Gasteiger partial charge in [-0.25, -0.2) is 12.8 Å². The monoisotopic (exact) mass is 407 g/mol. The summed E-state index contributed by atoms with van der Waals surface area (Å²) in [5.41, 5.74) is 0.903. The van der Waals surface area contributed by atoms with Gasteiger partial charge in [0.2, 0.25) is 0 Å². The second kappa shape index (κ2) is 10.7. The molecule has 0 fully saturated rings. The molecule has 8 heteroatoms. The van der Waals surface area contributed by atoms with Crippen molar-refractivity contribution in [2.75, 3.05) is 32.5 Å². The average molecular weight is 408 g/mol. The topological polar surface area (TPSA) is 79.8 Å². The van der Waals surface area contributed by atoms with E-state index in [4.69, 9.17) is 4.74 Å². The van der Waals surface area contributed by atoms with Gasteiger partial charge in [-0.15, -0.1) is 0 Å². The van der Waals surface area contributed by atoms with Crippen molar-refractivity contribution in [3.63, 3.8) is 0 Å². The molecule has 0 unspecified atom stereocenters. The molecule has 2 aromatic rings. The summed E-state index contributed by atoms with van der Waals surface area (Å²) in [5, 5.41) is 6.31. The van der Waals surface area contributed by atoms with Crippen LogP contribution >= 0.6 is 0 Å². The molecule has 2 N–H and O–H groups in total. The lowest BCUT2D eigenvalue weighted by Crippen LogP contribution is -2.39. The Morgan fingerprint density at radius 3 is 2.54 bits per heavy atom. The van der Waals surface area contributed by atoms with Gasteiger partial charge >= 0.3 is 0 Å². The number of guanidine groups is 1. The van der Waals surface area contributed by atoms with Crippen LogP contribution in [0.3, 0.4) is 0 Å². The normalized spacial score (nSPS) is 11.9. The molecule has 0 amide bonds. The second-order valence-corrected chi connectivity index (χ2v) is 8.18. The fourth-order valence-corrected chi connectivity index (χ4v) is 3.08. The van der Waals surface area contributed by atoms with Gasteiger partial charge in [-0.1, -0.05) is 12.1 Å². The van der Waals surface area contributed by atoms with Crippen LogP contribution in [-0.2, 0) is 16.3 Å². The smallest absolute Gasteiger partial charge is 0.191 e. The predicted octanol–water partition coefficient (Wildman–Crippen LogP) is 2.41. The molecule has 2 aromatic carbocycles. The van der Waals surface area contributed by atoms with Crippen molar-refractivity contribution in [3.8, 4) is 5.75 Å². The molecule has 0 spiro atoms. The lowest BCUT2D eigenvalue weighted by Gasteiger charge is -2.12. The second-order valence-electron chi connectivity index (χ2n) is 6.16. The molecule has 0 aliphatic heterocycles. The Morgan fingerprint density at radius 2 is 1.89 bits per heavy atom. The number of benzene rings is 2. The lowest BCUT2D eigenvalue weighted by molar-refractivity contribution is 0.321. The van der Waals surface area contributed by atoms with Crippen molar-refractivity contribution in [2.45, 2.75) is 18.2 Å². The molecule has 0 atom stereocenters. The van der Waals surface area contributed by atoms with Crippen LogP contribution in [-0.4, -0.2) is 46.9 Å². The number of hydrogen-bond donors (Lipinski definition) is 2. The number of nitrogens with zero attached hydrogens (tertiary/aromatic N) is 1. The highest BCUT2D eigenvalue weighted by molar-refractivity contribution is 7.90. The van der Waals surface area contributed by atoms with Crippen molar-refractivity contribution in [3.05, 3.63) is 59.9 Å². The molecule has 0 radical (unpaired) electrons. The summed E-state index contributed by atoms with van der Waals surface area (Å²) in [7, 11) is -3.21. The molecule has 0 bridgehead atoms. The van der Waals surface area contributed by atoms with Crippen molar-refractivity contribution in [1.82, 2.24) is 10.6 Å². The Hall–Kier alpha value is -2.61. The highest BCUT2D eigenvalue weighted by atomic mass is 32.2. The van der Waals surface area contributed by atoms with E-state index in [9.17, 15) is 12.8 Å². The minimum atomic E-state index is -3.21. The van der Waals surface area contributed by atoms with E-state index in [1.807, 2.05) is 13.0 Å². The van der Waals surface area contributed by atoms with Crippen LogP contribution in [0.2, 0.25) is 0 Å². The number of sulfone groups is 1. The van der Waals surface area contributed by atoms with E-state index >= 15 is 0 Å². The highest BCUT2D eigenvalue weighted by Gasteiger charge is 2.06. The third-order valence-electron chi connectivity index (χ3n) is 3.82. The van der Waals surface area contributed by atoms with Crippen LogP contribution in [0, 0.1) is 5.82 Å². The maximum absolute atomic E-state index is 13.2. The first-order chi connectivity index (χ1) is 13.4. The van der Waals surface area contributed by atoms with E-state index in [0.717, 1.165) is 12.1 Å². The number of rotatable bonds is 9. The van der Waals surface area contributed by atoms with Gasteiger partial charge in [0.15, 0.2) is 15.8 Å². The molecule has 0 saturated heterocycles. The SMILES string of the molecule is CCNC(=NCCc1cccc(F)c1)NCCOc1ccc(S(C)(=O)=O)cc1. The van der Waals surface area contributed by atoms with Crippen LogP contribution in [0.25, 0.3) is 0 Å². The van der Waals surface area contributed by atoms with E-state index < -0.39 is 9.84 Å². The van der Waals surface area contributed by atoms with Crippen LogP contribution in [0.4, 0.5) is 4.39 Å². The zero-order valence-electron chi connectivity index (χ0n) is 16.1. The average Bonchev–Trinajstić information content (AvgIpc) is 2.65. The number of nitrogens with one attached hydrogen (secondary N) is 2. The third-order valence-corrected chi connectivity index (χ3v) is 4.95. The first-order valence-corrected chi connectivity index (χ1v) is 11.0. The molecule has 0 aromatic heterocycles. The van der Waals surface area contributed by atoms with Crippen molar-refractivity contribution in [2.24, 2.45) is 4.99 Å². The number of ether oxygens (including phenoxy) is 1. The fourth-order valence-electron chi connectivity index (χ4n) is 2.45. The lowest BCUT2D eigenvalue weighted by atomic mass is 10.1. The molecule has 6 nitrogen and oxygen atoms in total. The van der Waals surface area contributed by atoms with E-state index in [1.54, 1.807) is 18.2 Å². The molecular weight excluding hydrogens is 381 g/mol. The Balaban J connectivity index is 1.77. The molecule has 0 aliphatic rings. The van der Waals surface area contributed by atoms with E-state index in [2.05, 4.69) is 15.6 Å². The summed E-state index contributed by atoms with van der Waals surface area (Å²) in [6.45, 7) is 4.15. The van der Waals surface area contributed by atoms with E-state index in [-0.39, 0.29) is 10.7 Å². The molecular formula is C20H26FN3O3S. The van der Waals surface area contributed by atoms with Crippen LogP contribution in [0.15, 0.2) is 58.4 Å². The Morgan fingerprint density at radius 1 is 1.14 bits per heavy atom. The Bertz CT molecular complexity index is 884. The van der Waals surface area contributed by atoms with Gasteiger partial charge in [0.05, 0.1) is 11.4 Å². The molecule has 28 heavy (non-hydrogen) atoms. The largest absolute Gasteiger partial charge is 0.492 e. The highest BCUT2D eigenvalue weighted by Crippen LogP contribution is 2.15. The van der Waals surface area contributed by atoms with Gasteiger partial charge < -0.3 is 15.4 Å². The molecule has 0 aliphatic carbocycles. The summed E-state index contributed by atoms with van der Waals surface area (Å²) in [5.74, 6) is 1.02. The van der Waals surface area contributed by atoms with Gasteiger partial charge in [-0.05, 0) is 55.3 Å². The van der Waals surface area contributed by atoms with Gasteiger partial charge in [0.25, 0.3) is 0 Å². The molecule has 0 saturated carbocycles. The van der Waals surface area contributed by atoms with Gasteiger partial charge in [-0.3, -0.25) is 4.99 Å². The maximum Gasteiger partial charge on any atom is 0.191 e. The maximum atomic E-state index is 13.2. The first kappa shape index (κ1) is 21.7. The molecule has 0 heterocycles. The molecule has 2 rings (SSSR count). The number of hydrogen-bond acceptors (Lipinski definition) is 4. The first-order valence-electron chi connectivity index (χ1n) is 9.08. The molecule has 152 valence electrons. The van der Waals surface area contributed by atoms with Crippen molar-refractivity contribution in [1.29, 1.82) is 0 Å². The number of aliphatic imine (C=N–C) groups is 1. The van der Waals surface area contributed by atoms with Crippen molar-refractivity contribution < 1.29 is 17.5 Å². The zero-order valence-corrected chi connectivity index (χ0v) is 16.9. The minimum absolute atomic E-state index is 0.242. The van der Waals surface area contributed by atoms with Gasteiger partial charge in [-0.2, -0.15) is 0 Å². The van der Waals surface area contributed by atoms with Crippen LogP contribution < -0.4 is 15.4 Å². The summed E-state index contributed by atoms with van der Waals surface area (Å²) in [6, 6.07) is 12.8. The quantitative estimate of drug-likeness (QED) is 0.379. The van der Waals surface area contributed by atoms with E-state index in [0.29, 0.717) is 37.8 Å². The van der Waals surface area contributed by atoms with Crippen LogP contribution in [0.1, 0.15) is 12.5 Å². The third kappa shape index (κ3) is 7.56. The Kier molecular flexibility index (Phi) is 8.25. The fraction of sp³-hybridized carbons (Fsp3) is 0.350. The number of halogens is 1. The summed E-state index contributed by atoms with van der Waals surface area (Å²) in [4.78, 5) is 4.73. The van der Waals surface area contributed by atoms with E-state index in [1.165, 1.54) is 30.5 Å². The Labute approximate surface area is 165 Å². The zero-order chi connectivity index (χ0) is 20.4. The standard InChI is InChI=1S/C20H26FN3O3S/c1-3-22-20(23-12-11-16-5-4-6-17(21)15-16)24-13-14-27-18-7-9-19(10-8-18)28(2,25)26/h4-10,15H,3,11-14H2,1-2H3,(H2,22,23,24). The summed E-state index contributed by atoms with van der Waals surface area (Å²) < 4.78 is 41.7. The minimum Gasteiger partial charge on any atom is -0.492 e. The van der Waals surface area contributed by atoms with Crippen molar-refractivity contribution >= 4 is 15.8 Å². The van der Waals surface area contributed by atoms with Gasteiger partial charge in [0.1, 0.15) is 18.2 Å². The summed E-state index contributed by atoms with van der Waals surface area (Å²) >= 11 is 0. The predicted molar refractivity (Wildman–Crippen MR) is 109 cm³/mol.